The fourth-order valence-corrected chi connectivity index (χ4v) is 3.24. The van der Waals surface area contributed by atoms with E-state index in [0.717, 1.165) is 10.7 Å². The highest BCUT2D eigenvalue weighted by molar-refractivity contribution is 7.09. The third-order valence-electron chi connectivity index (χ3n) is 3.51. The smallest absolute Gasteiger partial charge is 0.327 e. The van der Waals surface area contributed by atoms with Crippen LogP contribution < -0.4 is 0 Å². The molecule has 0 radical (unpaired) electrons. The molecule has 2 amide bonds. The summed E-state index contributed by atoms with van der Waals surface area (Å²) in [5.74, 6) is -0.956. The molecule has 2 heterocycles. The summed E-state index contributed by atoms with van der Waals surface area (Å²) >= 11 is 1.55. The summed E-state index contributed by atoms with van der Waals surface area (Å²) in [6.45, 7) is 8.86. The molecule has 0 bridgehead atoms. The lowest BCUT2D eigenvalue weighted by Crippen LogP contribution is -2.50. The number of amides is 2. The number of urea groups is 1. The molecular weight excluding hydrogens is 290 g/mol. The molecule has 116 valence electrons. The summed E-state index contributed by atoms with van der Waals surface area (Å²) in [4.78, 5) is 31.5. The Bertz CT molecular complexity index is 550. The van der Waals surface area contributed by atoms with Crippen molar-refractivity contribution < 1.29 is 14.7 Å². The summed E-state index contributed by atoms with van der Waals surface area (Å²) in [7, 11) is 0. The van der Waals surface area contributed by atoms with Crippen molar-refractivity contribution in [3.05, 3.63) is 16.1 Å². The maximum absolute atomic E-state index is 12.5. The van der Waals surface area contributed by atoms with E-state index in [9.17, 15) is 14.7 Å². The molecule has 2 rings (SSSR count). The molecule has 0 spiro atoms. The second-order valence-electron chi connectivity index (χ2n) is 6.36. The standard InChI is InChI=1S/C14H21N3O3S/c1-9-15-10(8-21-9)7-16-5-6-17(13(16)20)11(12(18)19)14(2,3)4/h8,11H,5-7H2,1-4H3,(H,18,19)/t11-/m1/s1. The quantitative estimate of drug-likeness (QED) is 0.925. The molecular formula is C14H21N3O3S. The molecule has 6 nitrogen and oxygen atoms in total. The minimum Gasteiger partial charge on any atom is -0.480 e. The SMILES string of the molecule is Cc1nc(CN2CCN([C@H](C(=O)O)C(C)(C)C)C2=O)cs1. The van der Waals surface area contributed by atoms with E-state index < -0.39 is 17.4 Å². The van der Waals surface area contributed by atoms with Gasteiger partial charge in [-0.1, -0.05) is 20.8 Å². The van der Waals surface area contributed by atoms with Crippen molar-refractivity contribution in [2.45, 2.75) is 40.3 Å². The minimum absolute atomic E-state index is 0.219. The monoisotopic (exact) mass is 311 g/mol. The first-order chi connectivity index (χ1) is 9.70. The van der Waals surface area contributed by atoms with E-state index in [-0.39, 0.29) is 6.03 Å². The Kier molecular flexibility index (Phi) is 4.22. The number of rotatable bonds is 4. The molecule has 1 aromatic rings. The Morgan fingerprint density at radius 1 is 1.48 bits per heavy atom. The molecule has 21 heavy (non-hydrogen) atoms. The Balaban J connectivity index is 2.11. The number of aromatic nitrogens is 1. The summed E-state index contributed by atoms with van der Waals surface area (Å²) in [6.07, 6.45) is 0. The summed E-state index contributed by atoms with van der Waals surface area (Å²) in [6, 6.07) is -1.03. The Morgan fingerprint density at radius 3 is 2.62 bits per heavy atom. The first kappa shape index (κ1) is 15.8. The van der Waals surface area contributed by atoms with Crippen LogP contribution in [0.3, 0.4) is 0 Å². The zero-order valence-electron chi connectivity index (χ0n) is 12.8. The van der Waals surface area contributed by atoms with Crippen LogP contribution in [0, 0.1) is 12.3 Å². The minimum atomic E-state index is -0.956. The molecule has 1 saturated heterocycles. The van der Waals surface area contributed by atoms with Gasteiger partial charge in [0.25, 0.3) is 0 Å². The highest BCUT2D eigenvalue weighted by Gasteiger charge is 2.43. The van der Waals surface area contributed by atoms with Gasteiger partial charge in [0.15, 0.2) is 0 Å². The molecule has 1 N–H and O–H groups in total. The van der Waals surface area contributed by atoms with Crippen molar-refractivity contribution in [2.75, 3.05) is 13.1 Å². The van der Waals surface area contributed by atoms with Gasteiger partial charge in [0.05, 0.1) is 17.2 Å². The van der Waals surface area contributed by atoms with Crippen LogP contribution in [0.1, 0.15) is 31.5 Å². The molecule has 7 heteroatoms. The average Bonchev–Trinajstić information content (AvgIpc) is 2.88. The molecule has 1 fully saturated rings. The van der Waals surface area contributed by atoms with Crippen LogP contribution in [0.25, 0.3) is 0 Å². The number of carboxylic acid groups (broad SMARTS) is 1. The number of carbonyl (C=O) groups excluding carboxylic acids is 1. The first-order valence-corrected chi connectivity index (χ1v) is 7.77. The zero-order chi connectivity index (χ0) is 15.8. The topological polar surface area (TPSA) is 73.7 Å². The maximum atomic E-state index is 12.5. The van der Waals surface area contributed by atoms with Gasteiger partial charge in [0.2, 0.25) is 0 Å². The van der Waals surface area contributed by atoms with Crippen LogP contribution in [0.5, 0.6) is 0 Å². The van der Waals surface area contributed by atoms with E-state index in [2.05, 4.69) is 4.98 Å². The van der Waals surface area contributed by atoms with Gasteiger partial charge in [-0.05, 0) is 12.3 Å². The number of aryl methyl sites for hydroxylation is 1. The van der Waals surface area contributed by atoms with E-state index in [1.807, 2.05) is 33.1 Å². The first-order valence-electron chi connectivity index (χ1n) is 6.89. The summed E-state index contributed by atoms with van der Waals surface area (Å²) in [5.41, 5.74) is 0.352. The normalized spacial score (nSPS) is 17.4. The largest absolute Gasteiger partial charge is 0.480 e. The third-order valence-corrected chi connectivity index (χ3v) is 4.33. The molecule has 0 unspecified atom stereocenters. The fourth-order valence-electron chi connectivity index (χ4n) is 2.64. The zero-order valence-corrected chi connectivity index (χ0v) is 13.6. The number of nitrogens with zero attached hydrogens (tertiary/aromatic N) is 3. The van der Waals surface area contributed by atoms with Crippen molar-refractivity contribution >= 4 is 23.3 Å². The Hall–Kier alpha value is -1.63. The number of carboxylic acids is 1. The van der Waals surface area contributed by atoms with Crippen LogP contribution in [-0.4, -0.2) is 51.0 Å². The van der Waals surface area contributed by atoms with E-state index in [1.54, 1.807) is 16.2 Å². The predicted molar refractivity (Wildman–Crippen MR) is 80.2 cm³/mol. The van der Waals surface area contributed by atoms with Crippen molar-refractivity contribution in [1.82, 2.24) is 14.8 Å². The van der Waals surface area contributed by atoms with Crippen molar-refractivity contribution in [3.63, 3.8) is 0 Å². The van der Waals surface area contributed by atoms with Crippen molar-refractivity contribution in [2.24, 2.45) is 5.41 Å². The van der Waals surface area contributed by atoms with Gasteiger partial charge < -0.3 is 14.9 Å². The number of aliphatic carboxylic acids is 1. The number of hydrogen-bond acceptors (Lipinski definition) is 4. The highest BCUT2D eigenvalue weighted by Crippen LogP contribution is 2.28. The molecule has 1 atom stereocenters. The van der Waals surface area contributed by atoms with E-state index in [1.165, 1.54) is 4.90 Å². The maximum Gasteiger partial charge on any atom is 0.327 e. The van der Waals surface area contributed by atoms with Crippen molar-refractivity contribution in [3.8, 4) is 0 Å². The van der Waals surface area contributed by atoms with Gasteiger partial charge >= 0.3 is 12.0 Å². The van der Waals surface area contributed by atoms with E-state index in [0.29, 0.717) is 19.6 Å². The molecule has 0 saturated carbocycles. The second kappa shape index (κ2) is 5.63. The van der Waals surface area contributed by atoms with E-state index in [4.69, 9.17) is 0 Å². The predicted octanol–water partition coefficient (Wildman–Crippen LogP) is 2.19. The van der Waals surface area contributed by atoms with Gasteiger partial charge in [0.1, 0.15) is 6.04 Å². The van der Waals surface area contributed by atoms with Gasteiger partial charge in [-0.15, -0.1) is 11.3 Å². The van der Waals surface area contributed by atoms with Crippen LogP contribution in [-0.2, 0) is 11.3 Å². The molecule has 1 aliphatic heterocycles. The van der Waals surface area contributed by atoms with Gasteiger partial charge in [-0.25, -0.2) is 14.6 Å². The van der Waals surface area contributed by atoms with Crippen LogP contribution in [0.4, 0.5) is 4.79 Å². The Labute approximate surface area is 128 Å². The number of hydrogen-bond donors (Lipinski definition) is 1. The van der Waals surface area contributed by atoms with E-state index >= 15 is 0 Å². The molecule has 1 aromatic heterocycles. The Morgan fingerprint density at radius 2 is 2.14 bits per heavy atom. The second-order valence-corrected chi connectivity index (χ2v) is 7.42. The average molecular weight is 311 g/mol. The summed E-state index contributed by atoms with van der Waals surface area (Å²) in [5, 5.41) is 12.3. The lowest BCUT2D eigenvalue weighted by Gasteiger charge is -2.34. The van der Waals surface area contributed by atoms with Crippen LogP contribution in [0.15, 0.2) is 5.38 Å². The van der Waals surface area contributed by atoms with Gasteiger partial charge in [-0.2, -0.15) is 0 Å². The van der Waals surface area contributed by atoms with Gasteiger partial charge in [0, 0.05) is 18.5 Å². The lowest BCUT2D eigenvalue weighted by molar-refractivity contribution is -0.145. The lowest BCUT2D eigenvalue weighted by atomic mass is 9.86. The summed E-state index contributed by atoms with van der Waals surface area (Å²) < 4.78 is 0. The highest BCUT2D eigenvalue weighted by atomic mass is 32.1. The third kappa shape index (κ3) is 3.34. The molecule has 0 aromatic carbocycles. The van der Waals surface area contributed by atoms with Crippen LogP contribution in [0.2, 0.25) is 0 Å². The van der Waals surface area contributed by atoms with Crippen molar-refractivity contribution in [1.29, 1.82) is 0 Å². The molecule has 1 aliphatic rings. The number of thiazole rings is 1. The fraction of sp³-hybridized carbons (Fsp3) is 0.643. The van der Waals surface area contributed by atoms with Crippen LogP contribution >= 0.6 is 11.3 Å². The molecule has 0 aliphatic carbocycles. The van der Waals surface area contributed by atoms with Gasteiger partial charge in [-0.3, -0.25) is 0 Å². The number of carbonyl (C=O) groups is 2.